The lowest BCUT2D eigenvalue weighted by Gasteiger charge is -2.13. The number of benzene rings is 2. The first-order valence-electron chi connectivity index (χ1n) is 9.00. The third-order valence-electron chi connectivity index (χ3n) is 4.64. The van der Waals surface area contributed by atoms with Crippen LogP contribution in [0.5, 0.6) is 0 Å². The molecule has 28 heavy (non-hydrogen) atoms. The van der Waals surface area contributed by atoms with Crippen LogP contribution in [0.25, 0.3) is 0 Å². The molecule has 0 fully saturated rings. The van der Waals surface area contributed by atoms with E-state index in [9.17, 15) is 19.7 Å². The molecule has 0 N–H and O–H groups in total. The SMILES string of the molecule is CC[C@@H](C)c1ccc(C(=O)COC(=O)c2ccc(N(C)C)c([N+](=O)[O-])c2)cc1. The van der Waals surface area contributed by atoms with Crippen LogP contribution in [0.2, 0.25) is 0 Å². The highest BCUT2D eigenvalue weighted by Gasteiger charge is 2.20. The predicted molar refractivity (Wildman–Crippen MR) is 107 cm³/mol. The van der Waals surface area contributed by atoms with Gasteiger partial charge in [0.1, 0.15) is 5.69 Å². The molecular formula is C21H24N2O5. The standard InChI is InChI=1S/C21H24N2O5/c1-5-14(2)15-6-8-16(9-7-15)20(24)13-28-21(25)17-10-11-18(22(3)4)19(12-17)23(26)27/h6-12,14H,5,13H2,1-4H3/t14-/m1/s1. The van der Waals surface area contributed by atoms with Gasteiger partial charge in [-0.05, 0) is 30.0 Å². The molecule has 0 aliphatic carbocycles. The third kappa shape index (κ3) is 4.94. The second-order valence-corrected chi connectivity index (χ2v) is 6.79. The lowest BCUT2D eigenvalue weighted by Crippen LogP contribution is -2.15. The van der Waals surface area contributed by atoms with Crippen molar-refractivity contribution in [3.05, 3.63) is 69.3 Å². The van der Waals surface area contributed by atoms with E-state index in [1.54, 1.807) is 31.1 Å². The van der Waals surface area contributed by atoms with Crippen LogP contribution < -0.4 is 4.90 Å². The van der Waals surface area contributed by atoms with E-state index in [0.29, 0.717) is 17.2 Å². The maximum absolute atomic E-state index is 12.3. The van der Waals surface area contributed by atoms with Crippen molar-refractivity contribution in [3.8, 4) is 0 Å². The Balaban J connectivity index is 2.06. The second kappa shape index (κ2) is 9.12. The van der Waals surface area contributed by atoms with Crippen LogP contribution in [0.3, 0.4) is 0 Å². The molecule has 0 spiro atoms. The lowest BCUT2D eigenvalue weighted by molar-refractivity contribution is -0.384. The zero-order valence-electron chi connectivity index (χ0n) is 16.5. The maximum atomic E-state index is 12.3. The van der Waals surface area contributed by atoms with Gasteiger partial charge in [-0.15, -0.1) is 0 Å². The number of rotatable bonds is 8. The maximum Gasteiger partial charge on any atom is 0.338 e. The molecule has 0 amide bonds. The summed E-state index contributed by atoms with van der Waals surface area (Å²) in [6.45, 7) is 3.78. The van der Waals surface area contributed by atoms with Crippen molar-refractivity contribution in [2.24, 2.45) is 0 Å². The summed E-state index contributed by atoms with van der Waals surface area (Å²) in [4.78, 5) is 36.7. The zero-order chi connectivity index (χ0) is 20.8. The normalized spacial score (nSPS) is 11.6. The van der Waals surface area contributed by atoms with Gasteiger partial charge in [0.15, 0.2) is 12.4 Å². The number of hydrogen-bond donors (Lipinski definition) is 0. The number of anilines is 1. The number of nitro benzene ring substituents is 1. The highest BCUT2D eigenvalue weighted by atomic mass is 16.6. The number of carbonyl (C=O) groups excluding carboxylic acids is 2. The first-order chi connectivity index (χ1) is 13.2. The summed E-state index contributed by atoms with van der Waals surface area (Å²) in [5.74, 6) is -0.704. The van der Waals surface area contributed by atoms with Crippen molar-refractivity contribution in [2.45, 2.75) is 26.2 Å². The number of carbonyl (C=O) groups is 2. The van der Waals surface area contributed by atoms with Crippen molar-refractivity contribution in [1.29, 1.82) is 0 Å². The number of ketones is 1. The number of nitrogens with zero attached hydrogens (tertiary/aromatic N) is 2. The number of ether oxygens (including phenoxy) is 1. The van der Waals surface area contributed by atoms with E-state index < -0.39 is 17.5 Å². The number of nitro groups is 1. The van der Waals surface area contributed by atoms with Crippen molar-refractivity contribution in [1.82, 2.24) is 0 Å². The fraction of sp³-hybridized carbons (Fsp3) is 0.333. The highest BCUT2D eigenvalue weighted by molar-refractivity contribution is 5.99. The summed E-state index contributed by atoms with van der Waals surface area (Å²) < 4.78 is 5.05. The van der Waals surface area contributed by atoms with Crippen LogP contribution in [0.1, 0.15) is 52.5 Å². The Morgan fingerprint density at radius 1 is 1.11 bits per heavy atom. The third-order valence-corrected chi connectivity index (χ3v) is 4.64. The first-order valence-corrected chi connectivity index (χ1v) is 9.00. The van der Waals surface area contributed by atoms with E-state index in [1.165, 1.54) is 12.1 Å². The van der Waals surface area contributed by atoms with Gasteiger partial charge in [0.25, 0.3) is 5.69 Å². The van der Waals surface area contributed by atoms with E-state index in [2.05, 4.69) is 13.8 Å². The molecule has 0 saturated heterocycles. The highest BCUT2D eigenvalue weighted by Crippen LogP contribution is 2.28. The summed E-state index contributed by atoms with van der Waals surface area (Å²) in [6.07, 6.45) is 1.00. The monoisotopic (exact) mass is 384 g/mol. The largest absolute Gasteiger partial charge is 0.454 e. The smallest absolute Gasteiger partial charge is 0.338 e. The molecule has 0 aromatic heterocycles. The second-order valence-electron chi connectivity index (χ2n) is 6.79. The quantitative estimate of drug-likeness (QED) is 0.293. The molecule has 2 rings (SSSR count). The minimum atomic E-state index is -0.780. The van der Waals surface area contributed by atoms with Crippen LogP contribution in [-0.4, -0.2) is 37.4 Å². The van der Waals surface area contributed by atoms with Gasteiger partial charge in [-0.1, -0.05) is 38.1 Å². The van der Waals surface area contributed by atoms with E-state index in [1.807, 2.05) is 12.1 Å². The Labute approximate surface area is 164 Å². The average Bonchev–Trinajstić information content (AvgIpc) is 2.70. The van der Waals surface area contributed by atoms with E-state index in [4.69, 9.17) is 4.74 Å². The molecule has 2 aromatic rings. The van der Waals surface area contributed by atoms with Crippen molar-refractivity contribution in [2.75, 3.05) is 25.6 Å². The Hall–Kier alpha value is -3.22. The van der Waals surface area contributed by atoms with Gasteiger partial charge >= 0.3 is 5.97 Å². The fourth-order valence-corrected chi connectivity index (χ4v) is 2.71. The van der Waals surface area contributed by atoms with Crippen molar-refractivity contribution in [3.63, 3.8) is 0 Å². The van der Waals surface area contributed by atoms with Crippen molar-refractivity contribution < 1.29 is 19.2 Å². The fourth-order valence-electron chi connectivity index (χ4n) is 2.71. The summed E-state index contributed by atoms with van der Waals surface area (Å²) in [5.41, 5.74) is 1.79. The molecule has 1 atom stereocenters. The number of esters is 1. The molecule has 0 unspecified atom stereocenters. The summed E-state index contributed by atoms with van der Waals surface area (Å²) in [6, 6.07) is 11.3. The molecule has 0 radical (unpaired) electrons. The van der Waals surface area contributed by atoms with Gasteiger partial charge in [0.2, 0.25) is 0 Å². The topological polar surface area (TPSA) is 89.8 Å². The molecule has 7 heteroatoms. The van der Waals surface area contributed by atoms with E-state index in [0.717, 1.165) is 18.1 Å². The van der Waals surface area contributed by atoms with Gasteiger partial charge in [0, 0.05) is 25.7 Å². The number of Topliss-reactive ketones (excluding diaryl/α,β-unsaturated/α-hetero) is 1. The minimum Gasteiger partial charge on any atom is -0.454 e. The van der Waals surface area contributed by atoms with Crippen LogP contribution in [0.15, 0.2) is 42.5 Å². The zero-order valence-corrected chi connectivity index (χ0v) is 16.5. The predicted octanol–water partition coefficient (Wildman–Crippen LogP) is 4.21. The summed E-state index contributed by atoms with van der Waals surface area (Å²) in [7, 11) is 3.34. The van der Waals surface area contributed by atoms with Crippen LogP contribution in [-0.2, 0) is 4.74 Å². The Morgan fingerprint density at radius 2 is 1.71 bits per heavy atom. The molecule has 0 aliphatic heterocycles. The van der Waals surface area contributed by atoms with Gasteiger partial charge in [0.05, 0.1) is 10.5 Å². The van der Waals surface area contributed by atoms with Crippen LogP contribution in [0, 0.1) is 10.1 Å². The first kappa shape index (κ1) is 21.1. The van der Waals surface area contributed by atoms with Gasteiger partial charge in [-0.25, -0.2) is 4.79 Å². The molecule has 148 valence electrons. The number of hydrogen-bond acceptors (Lipinski definition) is 6. The minimum absolute atomic E-state index is 0.0252. The molecule has 7 nitrogen and oxygen atoms in total. The Bertz CT molecular complexity index is 875. The molecule has 2 aromatic carbocycles. The summed E-state index contributed by atoms with van der Waals surface area (Å²) in [5, 5.41) is 11.2. The molecule has 0 bridgehead atoms. The van der Waals surface area contributed by atoms with E-state index >= 15 is 0 Å². The molecule has 0 saturated carbocycles. The average molecular weight is 384 g/mol. The Kier molecular flexibility index (Phi) is 6.87. The van der Waals surface area contributed by atoms with Gasteiger partial charge in [-0.3, -0.25) is 14.9 Å². The molecule has 0 heterocycles. The molecular weight excluding hydrogens is 360 g/mol. The lowest BCUT2D eigenvalue weighted by atomic mass is 9.97. The van der Waals surface area contributed by atoms with Gasteiger partial charge in [-0.2, -0.15) is 0 Å². The van der Waals surface area contributed by atoms with E-state index in [-0.39, 0.29) is 17.0 Å². The van der Waals surface area contributed by atoms with Crippen LogP contribution in [0.4, 0.5) is 11.4 Å². The van der Waals surface area contributed by atoms with Crippen molar-refractivity contribution >= 4 is 23.1 Å². The summed E-state index contributed by atoms with van der Waals surface area (Å²) >= 11 is 0. The van der Waals surface area contributed by atoms with Crippen LogP contribution >= 0.6 is 0 Å². The Morgan fingerprint density at radius 3 is 2.25 bits per heavy atom. The molecule has 0 aliphatic rings. The van der Waals surface area contributed by atoms with Gasteiger partial charge < -0.3 is 9.64 Å².